The van der Waals surface area contributed by atoms with Gasteiger partial charge in [-0.05, 0) is 52.8 Å². The molecule has 2 fully saturated rings. The summed E-state index contributed by atoms with van der Waals surface area (Å²) in [5.41, 5.74) is 3.12. The maximum Gasteiger partial charge on any atom is 0.257 e. The molecule has 51 heavy (non-hydrogen) atoms. The van der Waals surface area contributed by atoms with Gasteiger partial charge in [-0.1, -0.05) is 79.6 Å². The monoisotopic (exact) mass is 706 g/mol. The molecular weight excluding hydrogens is 667 g/mol. The van der Waals surface area contributed by atoms with Crippen molar-refractivity contribution >= 4 is 5.91 Å². The van der Waals surface area contributed by atoms with Crippen LogP contribution < -0.4 is 5.32 Å². The number of nitrogens with one attached hydrogen (secondary N) is 1. The third-order valence-corrected chi connectivity index (χ3v) is 9.57. The number of rotatable bonds is 12. The van der Waals surface area contributed by atoms with Crippen LogP contribution in [0.3, 0.4) is 0 Å². The minimum absolute atomic E-state index is 0.0518. The molecule has 0 radical (unpaired) electrons. The highest BCUT2D eigenvalue weighted by atomic mass is 19.2. The van der Waals surface area contributed by atoms with Gasteiger partial charge < -0.3 is 19.9 Å². The molecule has 1 aliphatic heterocycles. The normalized spacial score (nSPS) is 19.4. The van der Waals surface area contributed by atoms with Crippen LogP contribution in [0, 0.1) is 29.1 Å². The number of aliphatic hydroxyl groups is 1. The molecule has 6 rings (SSSR count). The minimum Gasteiger partial charge on any atom is -0.392 e. The number of nitrogens with zero attached hydrogens (tertiary/aromatic N) is 1. The Labute approximate surface area is 293 Å². The summed E-state index contributed by atoms with van der Waals surface area (Å²) in [4.78, 5) is 15.0. The highest BCUT2D eigenvalue weighted by Crippen LogP contribution is 2.40. The van der Waals surface area contributed by atoms with Crippen molar-refractivity contribution in [1.29, 1.82) is 0 Å². The summed E-state index contributed by atoms with van der Waals surface area (Å²) in [5, 5.41) is 11.8. The third-order valence-electron chi connectivity index (χ3n) is 9.57. The van der Waals surface area contributed by atoms with E-state index in [-0.39, 0.29) is 25.4 Å². The summed E-state index contributed by atoms with van der Waals surface area (Å²) < 4.78 is 82.4. The van der Waals surface area contributed by atoms with Crippen LogP contribution in [0.2, 0.25) is 0 Å². The fourth-order valence-corrected chi connectivity index (χ4v) is 6.90. The summed E-state index contributed by atoms with van der Waals surface area (Å²) in [6.45, 7) is 5.18. The van der Waals surface area contributed by atoms with Crippen LogP contribution in [0.1, 0.15) is 77.1 Å². The maximum atomic E-state index is 14.2. The lowest BCUT2D eigenvalue weighted by Crippen LogP contribution is -2.43. The molecule has 11 heteroatoms. The van der Waals surface area contributed by atoms with E-state index in [0.29, 0.717) is 18.0 Å². The molecule has 1 heterocycles. The first-order valence-corrected chi connectivity index (χ1v) is 17.0. The Morgan fingerprint density at radius 1 is 0.824 bits per heavy atom. The first-order valence-electron chi connectivity index (χ1n) is 17.0. The number of halogens is 5. The van der Waals surface area contributed by atoms with Gasteiger partial charge in [0, 0.05) is 37.7 Å². The molecule has 268 valence electrons. The summed E-state index contributed by atoms with van der Waals surface area (Å²) in [6.07, 6.45) is 6.20. The lowest BCUT2D eigenvalue weighted by atomic mass is 9.98. The number of carbonyl (C=O) groups excluding carboxylic acids is 1. The van der Waals surface area contributed by atoms with Crippen LogP contribution in [-0.4, -0.2) is 41.1 Å². The Hall–Kier alpha value is -4.42. The van der Waals surface area contributed by atoms with Gasteiger partial charge in [-0.2, -0.15) is 0 Å². The zero-order valence-electron chi connectivity index (χ0n) is 27.9. The highest BCUT2D eigenvalue weighted by Gasteiger charge is 2.35. The molecule has 4 aromatic rings. The Balaban J connectivity index is 1.22. The van der Waals surface area contributed by atoms with E-state index in [0.717, 1.165) is 53.7 Å². The van der Waals surface area contributed by atoms with Gasteiger partial charge in [0.25, 0.3) is 5.91 Å². The molecule has 2 aliphatic rings. The van der Waals surface area contributed by atoms with Gasteiger partial charge in [-0.15, -0.1) is 6.58 Å². The fourth-order valence-electron chi connectivity index (χ4n) is 6.90. The molecule has 3 atom stereocenters. The topological polar surface area (TPSA) is 71.0 Å². The van der Waals surface area contributed by atoms with E-state index in [1.807, 2.05) is 60.7 Å². The minimum atomic E-state index is -2.33. The highest BCUT2D eigenvalue weighted by molar-refractivity contribution is 5.94. The third kappa shape index (κ3) is 8.23. The van der Waals surface area contributed by atoms with E-state index in [4.69, 9.17) is 9.47 Å². The first kappa shape index (κ1) is 36.4. The van der Waals surface area contributed by atoms with Crippen molar-refractivity contribution in [2.24, 2.45) is 0 Å². The molecule has 4 aromatic carbocycles. The largest absolute Gasteiger partial charge is 0.392 e. The van der Waals surface area contributed by atoms with Crippen LogP contribution >= 0.6 is 0 Å². The summed E-state index contributed by atoms with van der Waals surface area (Å²) >= 11 is 0. The van der Waals surface area contributed by atoms with E-state index >= 15 is 0 Å². The number of benzene rings is 4. The zero-order valence-corrected chi connectivity index (χ0v) is 27.9. The van der Waals surface area contributed by atoms with E-state index in [1.54, 1.807) is 18.2 Å². The van der Waals surface area contributed by atoms with E-state index in [1.165, 1.54) is 12.8 Å². The predicted octanol–water partition coefficient (Wildman–Crippen LogP) is 8.45. The molecule has 1 aliphatic carbocycles. The average molecular weight is 707 g/mol. The quantitative estimate of drug-likeness (QED) is 0.0670. The van der Waals surface area contributed by atoms with Crippen molar-refractivity contribution in [3.8, 4) is 11.1 Å². The van der Waals surface area contributed by atoms with Gasteiger partial charge in [0.1, 0.15) is 5.56 Å². The van der Waals surface area contributed by atoms with Crippen LogP contribution in [0.15, 0.2) is 85.5 Å². The average Bonchev–Trinajstić information content (AvgIpc) is 3.71. The van der Waals surface area contributed by atoms with E-state index in [2.05, 4.69) is 16.8 Å². The molecule has 3 unspecified atom stereocenters. The smallest absolute Gasteiger partial charge is 0.257 e. The van der Waals surface area contributed by atoms with Crippen molar-refractivity contribution in [3.63, 3.8) is 0 Å². The lowest BCUT2D eigenvalue weighted by Gasteiger charge is -2.39. The molecule has 1 amide bonds. The van der Waals surface area contributed by atoms with E-state index < -0.39 is 46.8 Å². The van der Waals surface area contributed by atoms with Gasteiger partial charge >= 0.3 is 0 Å². The second-order valence-electron chi connectivity index (χ2n) is 13.0. The predicted molar refractivity (Wildman–Crippen MR) is 182 cm³/mol. The standard InChI is InChI=1S/C40H39F5N2O4/c1-2-17-47(30-11-3-4-12-30)22-31-20-32(26-15-13-24(23-48)14-16-26)51-40(50-31)29-10-6-9-28(19-29)27-8-5-7-25(18-27)21-46-39(49)33-34(41)36(43)38(45)37(44)35(33)42/h2,5-10,13-16,18-19,30-32,40,48H,1,3-4,11-12,17,20-23H2,(H,46,49). The number of aliphatic hydroxyl groups excluding tert-OH is 1. The maximum absolute atomic E-state index is 14.2. The number of hydrogen-bond acceptors (Lipinski definition) is 5. The van der Waals surface area contributed by atoms with Crippen molar-refractivity contribution in [1.82, 2.24) is 10.2 Å². The number of ether oxygens (including phenoxy) is 2. The molecule has 2 N–H and O–H groups in total. The summed E-state index contributed by atoms with van der Waals surface area (Å²) in [7, 11) is 0. The molecule has 6 nitrogen and oxygen atoms in total. The molecular formula is C40H39F5N2O4. The van der Waals surface area contributed by atoms with Gasteiger partial charge in [-0.3, -0.25) is 9.69 Å². The van der Waals surface area contributed by atoms with Crippen molar-refractivity contribution in [2.45, 2.75) is 69.8 Å². The lowest BCUT2D eigenvalue weighted by molar-refractivity contribution is -0.253. The Morgan fingerprint density at radius 3 is 2.14 bits per heavy atom. The van der Waals surface area contributed by atoms with Crippen LogP contribution in [0.4, 0.5) is 22.0 Å². The Kier molecular flexibility index (Phi) is 11.6. The van der Waals surface area contributed by atoms with Crippen molar-refractivity contribution in [2.75, 3.05) is 13.1 Å². The molecule has 0 bridgehead atoms. The number of hydrogen-bond donors (Lipinski definition) is 2. The van der Waals surface area contributed by atoms with Crippen LogP contribution in [0.25, 0.3) is 11.1 Å². The molecule has 1 saturated heterocycles. The summed E-state index contributed by atoms with van der Waals surface area (Å²) in [6, 6.07) is 22.8. The fraction of sp³-hybridized carbons (Fsp3) is 0.325. The van der Waals surface area contributed by atoms with Crippen LogP contribution in [0.5, 0.6) is 0 Å². The molecule has 0 aromatic heterocycles. The summed E-state index contributed by atoms with van der Waals surface area (Å²) in [5.74, 6) is -12.5. The van der Waals surface area contributed by atoms with Crippen molar-refractivity contribution < 1.29 is 41.3 Å². The number of amides is 1. The molecule has 0 spiro atoms. The van der Waals surface area contributed by atoms with Gasteiger partial charge in [-0.25, -0.2) is 22.0 Å². The Morgan fingerprint density at radius 2 is 1.47 bits per heavy atom. The second-order valence-corrected chi connectivity index (χ2v) is 13.0. The second kappa shape index (κ2) is 16.3. The molecule has 1 saturated carbocycles. The number of carbonyl (C=O) groups is 1. The van der Waals surface area contributed by atoms with Gasteiger partial charge in [0.15, 0.2) is 29.6 Å². The zero-order chi connectivity index (χ0) is 36.1. The van der Waals surface area contributed by atoms with Gasteiger partial charge in [0.2, 0.25) is 5.82 Å². The first-order chi connectivity index (χ1) is 24.7. The van der Waals surface area contributed by atoms with Crippen LogP contribution in [-0.2, 0) is 22.6 Å². The SMILES string of the molecule is C=CCN(CC1CC(c2ccc(CO)cc2)OC(c2cccc(-c3cccc(CNC(=O)c4c(F)c(F)c(F)c(F)c4F)c3)c2)O1)C1CCCC1. The van der Waals surface area contributed by atoms with Gasteiger partial charge in [0.05, 0.1) is 18.8 Å². The van der Waals surface area contributed by atoms with E-state index in [9.17, 15) is 31.9 Å². The van der Waals surface area contributed by atoms with Crippen molar-refractivity contribution in [3.05, 3.63) is 142 Å². The Bertz CT molecular complexity index is 1840.